The molecule has 4 aliphatic rings. The number of hydrogen-bond acceptors (Lipinski definition) is 16. The van der Waals surface area contributed by atoms with Gasteiger partial charge >= 0.3 is 29.8 Å². The number of hydrogen-bond donors (Lipinski definition) is 5. The third-order valence-electron chi connectivity index (χ3n) is 15.9. The second kappa shape index (κ2) is 25.7. The number of carbonyl (C=O) groups is 5. The van der Waals surface area contributed by atoms with Crippen LogP contribution in [0.1, 0.15) is 253 Å². The molecule has 0 aromatic carbocycles. The van der Waals surface area contributed by atoms with Gasteiger partial charge in [0.1, 0.15) is 23.7 Å². The standard InChI is InChI=1S/C60H108N4O12/c1-19-21-27-59(47(67)73-41-33-51(3,4)61-52(5,6)34-41,48(68)74-42-35-53(7,8)62-54(9,10)36-42)29-23-31-71-45(65)25-26-46(66)72-32-24-30-60(28-22-20-2,49(69)75-43-37-55(11,12)63-56(13,14)38-43)50(70)76-44-39-57(15,16)64-58(17,18)40-44/h41-44,47,61-64,67H,19-40H2,1-18H3. The lowest BCUT2D eigenvalue weighted by atomic mass is 9.76. The maximum absolute atomic E-state index is 14.7. The van der Waals surface area contributed by atoms with E-state index in [2.05, 4.69) is 132 Å². The van der Waals surface area contributed by atoms with Crippen LogP contribution in [0.5, 0.6) is 0 Å². The zero-order valence-corrected chi connectivity index (χ0v) is 50.9. The minimum absolute atomic E-state index is 0.0483. The maximum Gasteiger partial charge on any atom is 0.323 e. The largest absolute Gasteiger partial charge is 0.466 e. The van der Waals surface area contributed by atoms with E-state index >= 15 is 0 Å². The van der Waals surface area contributed by atoms with Gasteiger partial charge in [-0.05, 0) is 162 Å². The highest BCUT2D eigenvalue weighted by Crippen LogP contribution is 2.43. The predicted octanol–water partition coefficient (Wildman–Crippen LogP) is 9.97. The zero-order valence-electron chi connectivity index (χ0n) is 50.9. The number of aliphatic hydroxyl groups excluding tert-OH is 1. The van der Waals surface area contributed by atoms with Gasteiger partial charge in [0, 0.05) is 82.8 Å². The van der Waals surface area contributed by atoms with Crippen LogP contribution in [0.4, 0.5) is 0 Å². The molecule has 2 atom stereocenters. The molecule has 4 fully saturated rings. The quantitative estimate of drug-likeness (QED) is 0.0179. The van der Waals surface area contributed by atoms with Gasteiger partial charge in [-0.1, -0.05) is 39.5 Å². The first-order chi connectivity index (χ1) is 34.8. The predicted molar refractivity (Wildman–Crippen MR) is 296 cm³/mol. The SMILES string of the molecule is CCCCC(CCCOC(=O)CCC(=O)OCCCC(CCCC)(C(=O)OC1CC(C)(C)NC(C)(C)C1)C(O)OC1CC(C)(C)NC(C)(C)C1)(C(=O)OC1CC(C)(C)NC(C)(C)C1)C(=O)OC1CC(C)(C)NC(C)(C)C1. The Morgan fingerprint density at radius 1 is 0.434 bits per heavy atom. The number of piperidine rings is 4. The summed E-state index contributed by atoms with van der Waals surface area (Å²) in [7, 11) is 0. The molecule has 4 rings (SSSR count). The van der Waals surface area contributed by atoms with Crippen LogP contribution in [-0.4, -0.2) is 123 Å². The second-order valence-electron chi connectivity index (χ2n) is 29.0. The minimum atomic E-state index is -1.61. The highest BCUT2D eigenvalue weighted by atomic mass is 16.6. The van der Waals surface area contributed by atoms with Gasteiger partial charge in [0.05, 0.1) is 32.2 Å². The zero-order chi connectivity index (χ0) is 57.4. The molecule has 0 aliphatic carbocycles. The van der Waals surface area contributed by atoms with Crippen molar-refractivity contribution in [3.8, 4) is 0 Å². The van der Waals surface area contributed by atoms with Crippen molar-refractivity contribution in [2.24, 2.45) is 10.8 Å². The Balaban J connectivity index is 1.41. The Hall–Kier alpha value is -2.89. The summed E-state index contributed by atoms with van der Waals surface area (Å²) in [6, 6.07) is 0. The molecule has 0 spiro atoms. The maximum atomic E-state index is 14.7. The first-order valence-electron chi connectivity index (χ1n) is 29.2. The number of ether oxygens (including phenoxy) is 6. The van der Waals surface area contributed by atoms with E-state index < -0.39 is 59.2 Å². The number of esters is 5. The average Bonchev–Trinajstić information content (AvgIpc) is 3.20. The number of nitrogens with one attached hydrogen (secondary N) is 4. The molecule has 4 heterocycles. The van der Waals surface area contributed by atoms with Gasteiger partial charge in [-0.3, -0.25) is 24.0 Å². The van der Waals surface area contributed by atoms with Crippen molar-refractivity contribution in [2.45, 2.75) is 328 Å². The molecule has 0 radical (unpaired) electrons. The summed E-state index contributed by atoms with van der Waals surface area (Å²) in [5.41, 5.74) is -5.32. The van der Waals surface area contributed by atoms with Crippen LogP contribution in [0.2, 0.25) is 0 Å². The summed E-state index contributed by atoms with van der Waals surface area (Å²) >= 11 is 0. The Labute approximate surface area is 459 Å². The lowest BCUT2D eigenvalue weighted by Crippen LogP contribution is -2.61. The fourth-order valence-corrected chi connectivity index (χ4v) is 14.1. The molecular weight excluding hydrogens is 969 g/mol. The molecule has 16 heteroatoms. The number of carbonyl (C=O) groups excluding carboxylic acids is 5. The number of unbranched alkanes of at least 4 members (excludes halogenated alkanes) is 2. The Bertz CT molecular complexity index is 1840. The highest BCUT2D eigenvalue weighted by Gasteiger charge is 2.53. The topological polar surface area (TPSA) is 209 Å². The summed E-state index contributed by atoms with van der Waals surface area (Å²) in [4.78, 5) is 70.4. The van der Waals surface area contributed by atoms with Crippen molar-refractivity contribution in [1.29, 1.82) is 0 Å². The fraction of sp³-hybridized carbons (Fsp3) is 0.917. The summed E-state index contributed by atoms with van der Waals surface area (Å²) in [6.45, 7) is 37.4. The second-order valence-corrected chi connectivity index (χ2v) is 29.0. The molecule has 0 saturated carbocycles. The van der Waals surface area contributed by atoms with E-state index in [1.165, 1.54) is 0 Å². The molecule has 76 heavy (non-hydrogen) atoms. The molecule has 4 aliphatic heterocycles. The average molecular weight is 1080 g/mol. The van der Waals surface area contributed by atoms with Gasteiger partial charge < -0.3 is 54.8 Å². The summed E-state index contributed by atoms with van der Waals surface area (Å²) in [5, 5.41) is 26.8. The molecule has 5 N–H and O–H groups in total. The first kappa shape index (κ1) is 65.6. The summed E-state index contributed by atoms with van der Waals surface area (Å²) in [5.74, 6) is -2.93. The first-order valence-corrected chi connectivity index (χ1v) is 29.2. The monoisotopic (exact) mass is 1080 g/mol. The van der Waals surface area contributed by atoms with E-state index in [0.29, 0.717) is 70.6 Å². The van der Waals surface area contributed by atoms with E-state index in [1.807, 2.05) is 13.8 Å². The molecule has 0 amide bonds. The fourth-order valence-electron chi connectivity index (χ4n) is 14.1. The van der Waals surface area contributed by atoms with Crippen LogP contribution in [0.25, 0.3) is 0 Å². The lowest BCUT2D eigenvalue weighted by molar-refractivity contribution is -0.232. The molecular formula is C60H108N4O12. The Morgan fingerprint density at radius 2 is 0.711 bits per heavy atom. The van der Waals surface area contributed by atoms with Crippen LogP contribution in [-0.2, 0) is 52.4 Å². The summed E-state index contributed by atoms with van der Waals surface area (Å²) in [6.07, 6.45) is 5.26. The molecule has 0 aromatic rings. The van der Waals surface area contributed by atoms with Gasteiger partial charge in [0.2, 0.25) is 0 Å². The van der Waals surface area contributed by atoms with Gasteiger partial charge in [-0.2, -0.15) is 0 Å². The molecule has 2 unspecified atom stereocenters. The van der Waals surface area contributed by atoms with E-state index in [-0.39, 0.29) is 115 Å². The van der Waals surface area contributed by atoms with E-state index in [1.54, 1.807) is 0 Å². The minimum Gasteiger partial charge on any atom is -0.466 e. The number of rotatable bonds is 26. The van der Waals surface area contributed by atoms with Crippen molar-refractivity contribution < 1.29 is 57.5 Å². The van der Waals surface area contributed by atoms with Gasteiger partial charge in [-0.25, -0.2) is 0 Å². The third kappa shape index (κ3) is 20.0. The summed E-state index contributed by atoms with van der Waals surface area (Å²) < 4.78 is 36.9. The van der Waals surface area contributed by atoms with E-state index in [0.717, 1.165) is 12.8 Å². The molecule has 440 valence electrons. The molecule has 4 saturated heterocycles. The Morgan fingerprint density at radius 3 is 1.05 bits per heavy atom. The van der Waals surface area contributed by atoms with Gasteiger partial charge in [0.25, 0.3) is 0 Å². The van der Waals surface area contributed by atoms with Crippen molar-refractivity contribution in [3.05, 3.63) is 0 Å². The Kier molecular flexibility index (Phi) is 22.2. The van der Waals surface area contributed by atoms with Crippen molar-refractivity contribution >= 4 is 29.8 Å². The molecule has 0 aromatic heterocycles. The van der Waals surface area contributed by atoms with Crippen LogP contribution < -0.4 is 21.3 Å². The third-order valence-corrected chi connectivity index (χ3v) is 15.9. The highest BCUT2D eigenvalue weighted by molar-refractivity contribution is 6.00. The lowest BCUT2D eigenvalue weighted by Gasteiger charge is -2.48. The number of aliphatic hydroxyl groups is 1. The normalized spacial score (nSPS) is 24.3. The van der Waals surface area contributed by atoms with Crippen LogP contribution in [0.15, 0.2) is 0 Å². The van der Waals surface area contributed by atoms with Crippen molar-refractivity contribution in [2.75, 3.05) is 13.2 Å². The van der Waals surface area contributed by atoms with Crippen LogP contribution in [0, 0.1) is 10.8 Å². The van der Waals surface area contributed by atoms with Crippen molar-refractivity contribution in [3.63, 3.8) is 0 Å². The van der Waals surface area contributed by atoms with Gasteiger partial charge in [-0.15, -0.1) is 0 Å². The molecule has 0 bridgehead atoms. The smallest absolute Gasteiger partial charge is 0.323 e. The van der Waals surface area contributed by atoms with Gasteiger partial charge in [0.15, 0.2) is 11.7 Å². The molecule has 16 nitrogen and oxygen atoms in total. The van der Waals surface area contributed by atoms with E-state index in [9.17, 15) is 29.1 Å². The van der Waals surface area contributed by atoms with E-state index in [4.69, 9.17) is 28.4 Å². The van der Waals surface area contributed by atoms with Crippen LogP contribution in [0.3, 0.4) is 0 Å². The van der Waals surface area contributed by atoms with Crippen LogP contribution >= 0.6 is 0 Å². The van der Waals surface area contributed by atoms with Crippen molar-refractivity contribution in [1.82, 2.24) is 21.3 Å².